The van der Waals surface area contributed by atoms with E-state index in [4.69, 9.17) is 9.84 Å². The van der Waals surface area contributed by atoms with E-state index in [-0.39, 0.29) is 11.7 Å². The number of ether oxygens (including phenoxy) is 1. The average molecular weight is 281 g/mol. The summed E-state index contributed by atoms with van der Waals surface area (Å²) in [6, 6.07) is 6.39. The quantitative estimate of drug-likeness (QED) is 0.601. The second-order valence-electron chi connectivity index (χ2n) is 5.17. The largest absolute Gasteiger partial charge is 0.492 e. The van der Waals surface area contributed by atoms with Crippen LogP contribution < -0.4 is 10.1 Å². The van der Waals surface area contributed by atoms with Crippen molar-refractivity contribution in [2.24, 2.45) is 5.92 Å². The molecule has 1 rings (SSSR count). The lowest BCUT2D eigenvalue weighted by Crippen LogP contribution is -2.30. The minimum Gasteiger partial charge on any atom is -0.492 e. The third kappa shape index (κ3) is 6.54. The number of carbonyl (C=O) groups is 1. The third-order valence-electron chi connectivity index (χ3n) is 2.75. The van der Waals surface area contributed by atoms with Gasteiger partial charge in [0.15, 0.2) is 0 Å². The number of carboxylic acid groups (broad SMARTS) is 1. The smallest absolute Gasteiger partial charge is 0.335 e. The molecule has 3 N–H and O–H groups in total. The summed E-state index contributed by atoms with van der Waals surface area (Å²) in [5.41, 5.74) is 0.211. The lowest BCUT2D eigenvalue weighted by molar-refractivity contribution is 0.0696. The molecule has 5 heteroatoms. The van der Waals surface area contributed by atoms with Gasteiger partial charge in [-0.2, -0.15) is 0 Å². The normalized spacial score (nSPS) is 12.4. The molecule has 0 saturated carbocycles. The van der Waals surface area contributed by atoms with Crippen LogP contribution in [0.25, 0.3) is 0 Å². The summed E-state index contributed by atoms with van der Waals surface area (Å²) < 4.78 is 5.45. The number of aliphatic hydroxyl groups is 1. The Labute approximate surface area is 119 Å². The Morgan fingerprint density at radius 3 is 2.80 bits per heavy atom. The zero-order chi connectivity index (χ0) is 15.0. The van der Waals surface area contributed by atoms with Crippen molar-refractivity contribution in [1.29, 1.82) is 0 Å². The Kier molecular flexibility index (Phi) is 7.04. The van der Waals surface area contributed by atoms with Crippen LogP contribution in [-0.2, 0) is 0 Å². The summed E-state index contributed by atoms with van der Waals surface area (Å²) in [4.78, 5) is 10.8. The highest BCUT2D eigenvalue weighted by Gasteiger charge is 2.06. The monoisotopic (exact) mass is 281 g/mol. The molecular weight excluding hydrogens is 258 g/mol. The number of aliphatic hydroxyl groups excluding tert-OH is 1. The minimum atomic E-state index is -0.967. The minimum absolute atomic E-state index is 0.211. The van der Waals surface area contributed by atoms with Gasteiger partial charge in [0.1, 0.15) is 12.4 Å². The fraction of sp³-hybridized carbons (Fsp3) is 0.533. The molecule has 1 unspecified atom stereocenters. The van der Waals surface area contributed by atoms with Crippen LogP contribution in [-0.4, -0.2) is 42.0 Å². The second-order valence-corrected chi connectivity index (χ2v) is 5.17. The van der Waals surface area contributed by atoms with Crippen molar-refractivity contribution >= 4 is 5.97 Å². The number of hydrogen-bond donors (Lipinski definition) is 3. The molecular formula is C15H23NO4. The maximum absolute atomic E-state index is 10.8. The zero-order valence-corrected chi connectivity index (χ0v) is 12.0. The highest BCUT2D eigenvalue weighted by atomic mass is 16.5. The molecule has 0 fully saturated rings. The Hall–Kier alpha value is -1.59. The lowest BCUT2D eigenvalue weighted by atomic mass is 10.1. The molecule has 1 atom stereocenters. The Morgan fingerprint density at radius 1 is 1.40 bits per heavy atom. The summed E-state index contributed by atoms with van der Waals surface area (Å²) in [6.07, 6.45) is 0.430. The SMILES string of the molecule is CC(C)CC(O)CNCCOc1cccc(C(=O)O)c1. The molecule has 0 aliphatic carbocycles. The Bertz CT molecular complexity index is 420. The molecule has 0 radical (unpaired) electrons. The zero-order valence-electron chi connectivity index (χ0n) is 12.0. The van der Waals surface area contributed by atoms with E-state index in [1.165, 1.54) is 12.1 Å². The number of benzene rings is 1. The molecule has 0 amide bonds. The number of carboxylic acids is 1. The van der Waals surface area contributed by atoms with Crippen LogP contribution in [0.5, 0.6) is 5.75 Å². The van der Waals surface area contributed by atoms with Crippen LogP contribution in [0.3, 0.4) is 0 Å². The number of rotatable bonds is 9. The van der Waals surface area contributed by atoms with Gasteiger partial charge in [0.05, 0.1) is 11.7 Å². The first-order valence-electron chi connectivity index (χ1n) is 6.84. The van der Waals surface area contributed by atoms with Crippen molar-refractivity contribution in [3.63, 3.8) is 0 Å². The van der Waals surface area contributed by atoms with Crippen LogP contribution in [0.2, 0.25) is 0 Å². The molecule has 0 spiro atoms. The average Bonchev–Trinajstić information content (AvgIpc) is 2.37. The van der Waals surface area contributed by atoms with Crippen molar-refractivity contribution in [1.82, 2.24) is 5.32 Å². The van der Waals surface area contributed by atoms with Gasteiger partial charge in [-0.1, -0.05) is 19.9 Å². The molecule has 0 heterocycles. The lowest BCUT2D eigenvalue weighted by Gasteiger charge is -2.14. The summed E-state index contributed by atoms with van der Waals surface area (Å²) in [5.74, 6) is 0.0432. The first-order chi connectivity index (χ1) is 9.49. The maximum Gasteiger partial charge on any atom is 0.335 e. The van der Waals surface area contributed by atoms with E-state index in [0.29, 0.717) is 31.4 Å². The molecule has 112 valence electrons. The summed E-state index contributed by atoms with van der Waals surface area (Å²) in [6.45, 7) is 5.71. The van der Waals surface area contributed by atoms with Crippen LogP contribution in [0.1, 0.15) is 30.6 Å². The third-order valence-corrected chi connectivity index (χ3v) is 2.75. The highest BCUT2D eigenvalue weighted by Crippen LogP contribution is 2.12. The molecule has 0 aliphatic rings. The molecule has 0 saturated heterocycles. The predicted octanol–water partition coefficient (Wildman–Crippen LogP) is 1.76. The number of nitrogens with one attached hydrogen (secondary N) is 1. The number of aromatic carboxylic acids is 1. The molecule has 0 aliphatic heterocycles. The van der Waals surface area contributed by atoms with Gasteiger partial charge in [0, 0.05) is 13.1 Å². The fourth-order valence-electron chi connectivity index (χ4n) is 1.86. The fourth-order valence-corrected chi connectivity index (χ4v) is 1.86. The van der Waals surface area contributed by atoms with Crippen molar-refractivity contribution in [3.05, 3.63) is 29.8 Å². The van der Waals surface area contributed by atoms with E-state index in [9.17, 15) is 9.90 Å². The molecule has 20 heavy (non-hydrogen) atoms. The Morgan fingerprint density at radius 2 is 2.15 bits per heavy atom. The van der Waals surface area contributed by atoms with Gasteiger partial charge in [-0.05, 0) is 30.5 Å². The summed E-state index contributed by atoms with van der Waals surface area (Å²) in [7, 11) is 0. The first kappa shape index (κ1) is 16.5. The van der Waals surface area contributed by atoms with Gasteiger partial charge in [-0.15, -0.1) is 0 Å². The van der Waals surface area contributed by atoms with E-state index in [1.54, 1.807) is 12.1 Å². The van der Waals surface area contributed by atoms with Gasteiger partial charge in [0.2, 0.25) is 0 Å². The molecule has 0 bridgehead atoms. The van der Waals surface area contributed by atoms with Crippen molar-refractivity contribution < 1.29 is 19.7 Å². The van der Waals surface area contributed by atoms with Crippen molar-refractivity contribution in [2.45, 2.75) is 26.4 Å². The van der Waals surface area contributed by atoms with Gasteiger partial charge >= 0.3 is 5.97 Å². The number of hydrogen-bond acceptors (Lipinski definition) is 4. The standard InChI is InChI=1S/C15H23NO4/c1-11(2)8-13(17)10-16-6-7-20-14-5-3-4-12(9-14)15(18)19/h3-5,9,11,13,16-17H,6-8,10H2,1-2H3,(H,18,19). The molecule has 5 nitrogen and oxygen atoms in total. The molecule has 1 aromatic carbocycles. The molecule has 1 aromatic rings. The van der Waals surface area contributed by atoms with E-state index in [1.807, 2.05) is 0 Å². The van der Waals surface area contributed by atoms with Crippen molar-refractivity contribution in [2.75, 3.05) is 19.7 Å². The topological polar surface area (TPSA) is 78.8 Å². The van der Waals surface area contributed by atoms with Crippen molar-refractivity contribution in [3.8, 4) is 5.75 Å². The van der Waals surface area contributed by atoms with Gasteiger partial charge < -0.3 is 20.3 Å². The van der Waals surface area contributed by atoms with E-state index in [2.05, 4.69) is 19.2 Å². The second kappa shape index (κ2) is 8.55. The maximum atomic E-state index is 10.8. The first-order valence-corrected chi connectivity index (χ1v) is 6.84. The Balaban J connectivity index is 2.21. The van der Waals surface area contributed by atoms with Gasteiger partial charge in [-0.3, -0.25) is 0 Å². The van der Waals surface area contributed by atoms with E-state index >= 15 is 0 Å². The van der Waals surface area contributed by atoms with Crippen LogP contribution in [0.15, 0.2) is 24.3 Å². The van der Waals surface area contributed by atoms with E-state index < -0.39 is 5.97 Å². The van der Waals surface area contributed by atoms with Crippen LogP contribution in [0.4, 0.5) is 0 Å². The van der Waals surface area contributed by atoms with Crippen LogP contribution in [0, 0.1) is 5.92 Å². The summed E-state index contributed by atoms with van der Waals surface area (Å²) >= 11 is 0. The summed E-state index contributed by atoms with van der Waals surface area (Å²) in [5, 5.41) is 21.6. The van der Waals surface area contributed by atoms with Crippen LogP contribution >= 0.6 is 0 Å². The predicted molar refractivity (Wildman–Crippen MR) is 77.2 cm³/mol. The van der Waals surface area contributed by atoms with Gasteiger partial charge in [-0.25, -0.2) is 4.79 Å². The van der Waals surface area contributed by atoms with E-state index in [0.717, 1.165) is 6.42 Å². The highest BCUT2D eigenvalue weighted by molar-refractivity contribution is 5.87. The van der Waals surface area contributed by atoms with Gasteiger partial charge in [0.25, 0.3) is 0 Å². The molecule has 0 aromatic heterocycles.